The zero-order valence-electron chi connectivity index (χ0n) is 19.5. The smallest absolute Gasteiger partial charge is 0.203 e. The lowest BCUT2D eigenvalue weighted by molar-refractivity contribution is 0.324. The summed E-state index contributed by atoms with van der Waals surface area (Å²) in [7, 11) is 6.00. The van der Waals surface area contributed by atoms with Gasteiger partial charge in [-0.3, -0.25) is 0 Å². The van der Waals surface area contributed by atoms with Crippen molar-refractivity contribution < 1.29 is 27.9 Å². The van der Waals surface area contributed by atoms with Gasteiger partial charge in [-0.2, -0.15) is 0 Å². The Morgan fingerprint density at radius 1 is 0.806 bits per heavy atom. The lowest BCUT2D eigenvalue weighted by Crippen LogP contribution is -1.96. The molecule has 1 heterocycles. The molecular formula is C24H32FNO5. The number of ether oxygens (including phenoxy) is 4. The molecule has 31 heavy (non-hydrogen) atoms. The van der Waals surface area contributed by atoms with Crippen LogP contribution in [0.4, 0.5) is 4.39 Å². The number of halogens is 1. The van der Waals surface area contributed by atoms with Crippen LogP contribution >= 0.6 is 0 Å². The summed E-state index contributed by atoms with van der Waals surface area (Å²) < 4.78 is 40.5. The van der Waals surface area contributed by atoms with Crippen LogP contribution in [0.2, 0.25) is 0 Å². The van der Waals surface area contributed by atoms with E-state index in [0.29, 0.717) is 39.7 Å². The highest BCUT2D eigenvalue weighted by Crippen LogP contribution is 2.43. The maximum atomic E-state index is 14.1. The fourth-order valence-electron chi connectivity index (χ4n) is 2.70. The van der Waals surface area contributed by atoms with Crippen LogP contribution in [-0.4, -0.2) is 33.6 Å². The first-order valence-corrected chi connectivity index (χ1v) is 10.1. The predicted molar refractivity (Wildman–Crippen MR) is 121 cm³/mol. The van der Waals surface area contributed by atoms with Crippen molar-refractivity contribution in [3.8, 4) is 45.4 Å². The zero-order valence-corrected chi connectivity index (χ0v) is 19.5. The molecule has 0 aliphatic rings. The highest BCUT2D eigenvalue weighted by Gasteiger charge is 2.20. The van der Waals surface area contributed by atoms with Gasteiger partial charge < -0.3 is 23.5 Å². The van der Waals surface area contributed by atoms with Crippen LogP contribution in [0.3, 0.4) is 0 Å². The Bertz CT molecular complexity index is 914. The Morgan fingerprint density at radius 2 is 1.35 bits per heavy atom. The first-order valence-electron chi connectivity index (χ1n) is 10.1. The van der Waals surface area contributed by atoms with Gasteiger partial charge in [0.2, 0.25) is 5.75 Å². The van der Waals surface area contributed by atoms with E-state index < -0.39 is 5.82 Å². The molecule has 2 aromatic carbocycles. The van der Waals surface area contributed by atoms with E-state index in [1.165, 1.54) is 47.1 Å². The third-order valence-corrected chi connectivity index (χ3v) is 3.96. The highest BCUT2D eigenvalue weighted by molar-refractivity contribution is 5.81. The Balaban J connectivity index is 0.000000884. The molecule has 0 aliphatic heterocycles. The van der Waals surface area contributed by atoms with Gasteiger partial charge in [0.05, 0.1) is 34.6 Å². The number of methoxy groups -OCH3 is 4. The number of hydrogen-bond acceptors (Lipinski definition) is 6. The van der Waals surface area contributed by atoms with Crippen LogP contribution in [0.1, 0.15) is 34.1 Å². The summed E-state index contributed by atoms with van der Waals surface area (Å²) in [6.07, 6.45) is 2.78. The van der Waals surface area contributed by atoms with Gasteiger partial charge in [0.15, 0.2) is 28.8 Å². The van der Waals surface area contributed by atoms with Crippen LogP contribution in [0.5, 0.6) is 23.0 Å². The molecule has 6 nitrogen and oxygen atoms in total. The first-order chi connectivity index (χ1) is 15.0. The predicted octanol–water partition coefficient (Wildman–Crippen LogP) is 6.62. The third kappa shape index (κ3) is 6.13. The van der Waals surface area contributed by atoms with E-state index in [9.17, 15) is 4.39 Å². The quantitative estimate of drug-likeness (QED) is 0.435. The standard InChI is InChI=1S/C19H18FNO5.C3H8.C2H6/c1-22-15-6-5-11(7-14(15)20)13-10-21-26-18(13)12-8-16(23-2)19(25-4)17(9-12)24-3;1-3-2;1-2/h5-10H,1-4H3;3H2,1-2H3;1-2H3. The van der Waals surface area contributed by atoms with Gasteiger partial charge in [0.1, 0.15) is 0 Å². The summed E-state index contributed by atoms with van der Waals surface area (Å²) >= 11 is 0. The van der Waals surface area contributed by atoms with E-state index in [0.717, 1.165) is 0 Å². The maximum absolute atomic E-state index is 14.1. The van der Waals surface area contributed by atoms with E-state index >= 15 is 0 Å². The number of rotatable bonds is 6. The Hall–Kier alpha value is -3.22. The number of hydrogen-bond donors (Lipinski definition) is 0. The minimum absolute atomic E-state index is 0.166. The third-order valence-electron chi connectivity index (χ3n) is 3.96. The van der Waals surface area contributed by atoms with Crippen molar-refractivity contribution in [2.75, 3.05) is 28.4 Å². The fraction of sp³-hybridized carbons (Fsp3) is 0.375. The Kier molecular flexibility index (Phi) is 11.0. The lowest BCUT2D eigenvalue weighted by atomic mass is 10.0. The van der Waals surface area contributed by atoms with Gasteiger partial charge in [-0.1, -0.05) is 45.3 Å². The average molecular weight is 434 g/mol. The highest BCUT2D eigenvalue weighted by atomic mass is 19.1. The van der Waals surface area contributed by atoms with Crippen molar-refractivity contribution in [3.63, 3.8) is 0 Å². The average Bonchev–Trinajstić information content (AvgIpc) is 3.29. The summed E-state index contributed by atoms with van der Waals surface area (Å²) in [6, 6.07) is 8.13. The van der Waals surface area contributed by atoms with E-state index in [-0.39, 0.29) is 5.75 Å². The molecule has 0 atom stereocenters. The van der Waals surface area contributed by atoms with Crippen molar-refractivity contribution >= 4 is 0 Å². The Morgan fingerprint density at radius 3 is 1.81 bits per heavy atom. The van der Waals surface area contributed by atoms with Crippen LogP contribution in [0, 0.1) is 5.82 Å². The van der Waals surface area contributed by atoms with E-state index in [1.54, 1.807) is 24.3 Å². The second-order valence-electron chi connectivity index (χ2n) is 6.04. The summed E-state index contributed by atoms with van der Waals surface area (Å²) in [5.41, 5.74) is 1.89. The molecule has 7 heteroatoms. The van der Waals surface area contributed by atoms with E-state index in [4.69, 9.17) is 23.5 Å². The largest absolute Gasteiger partial charge is 0.494 e. The van der Waals surface area contributed by atoms with Crippen LogP contribution < -0.4 is 18.9 Å². The SMILES string of the molecule is CC.CCC.COc1ccc(-c2cnoc2-c2cc(OC)c(OC)c(OC)c2)cc1F. The number of benzene rings is 2. The molecule has 0 fully saturated rings. The van der Waals surface area contributed by atoms with Gasteiger partial charge in [-0.05, 0) is 29.8 Å². The lowest BCUT2D eigenvalue weighted by Gasteiger charge is -2.13. The van der Waals surface area contributed by atoms with Gasteiger partial charge in [0, 0.05) is 11.1 Å². The maximum Gasteiger partial charge on any atom is 0.203 e. The van der Waals surface area contributed by atoms with Crippen molar-refractivity contribution in [2.45, 2.75) is 34.1 Å². The van der Waals surface area contributed by atoms with Gasteiger partial charge in [-0.15, -0.1) is 0 Å². The monoisotopic (exact) mass is 433 g/mol. The van der Waals surface area contributed by atoms with Crippen molar-refractivity contribution in [2.24, 2.45) is 0 Å². The molecule has 0 saturated carbocycles. The molecule has 0 spiro atoms. The molecule has 0 radical (unpaired) electrons. The molecule has 0 N–H and O–H groups in total. The fourth-order valence-corrected chi connectivity index (χ4v) is 2.70. The van der Waals surface area contributed by atoms with Gasteiger partial charge in [0.25, 0.3) is 0 Å². The molecule has 0 aliphatic carbocycles. The molecule has 3 aromatic rings. The molecular weight excluding hydrogens is 401 g/mol. The molecule has 0 amide bonds. The second kappa shape index (κ2) is 13.2. The van der Waals surface area contributed by atoms with Crippen LogP contribution in [0.15, 0.2) is 41.1 Å². The van der Waals surface area contributed by atoms with Gasteiger partial charge in [-0.25, -0.2) is 4.39 Å². The van der Waals surface area contributed by atoms with Crippen molar-refractivity contribution in [1.82, 2.24) is 5.16 Å². The van der Waals surface area contributed by atoms with Crippen LogP contribution in [-0.2, 0) is 0 Å². The minimum Gasteiger partial charge on any atom is -0.494 e. The van der Waals surface area contributed by atoms with Crippen LogP contribution in [0.25, 0.3) is 22.5 Å². The molecule has 1 aromatic heterocycles. The summed E-state index contributed by atoms with van der Waals surface area (Å²) in [5.74, 6) is 1.57. The first kappa shape index (κ1) is 25.8. The normalized spacial score (nSPS) is 9.58. The summed E-state index contributed by atoms with van der Waals surface area (Å²) in [6.45, 7) is 8.25. The summed E-state index contributed by atoms with van der Waals surface area (Å²) in [4.78, 5) is 0. The van der Waals surface area contributed by atoms with E-state index in [2.05, 4.69) is 19.0 Å². The molecule has 3 rings (SSSR count). The molecule has 170 valence electrons. The van der Waals surface area contributed by atoms with E-state index in [1.807, 2.05) is 13.8 Å². The van der Waals surface area contributed by atoms with Crippen molar-refractivity contribution in [3.05, 3.63) is 42.3 Å². The molecule has 0 unspecified atom stereocenters. The summed E-state index contributed by atoms with van der Waals surface area (Å²) in [5, 5.41) is 3.86. The zero-order chi connectivity index (χ0) is 23.4. The molecule has 0 saturated heterocycles. The number of aromatic nitrogens is 1. The van der Waals surface area contributed by atoms with Gasteiger partial charge >= 0.3 is 0 Å². The number of nitrogens with zero attached hydrogens (tertiary/aromatic N) is 1. The molecule has 0 bridgehead atoms. The second-order valence-corrected chi connectivity index (χ2v) is 6.04. The Labute approximate surface area is 183 Å². The minimum atomic E-state index is -0.470. The van der Waals surface area contributed by atoms with Crippen molar-refractivity contribution in [1.29, 1.82) is 0 Å². The topological polar surface area (TPSA) is 63.0 Å².